The highest BCUT2D eigenvalue weighted by Crippen LogP contribution is 2.48. The summed E-state index contributed by atoms with van der Waals surface area (Å²) in [5.41, 5.74) is 1.77. The van der Waals surface area contributed by atoms with Crippen LogP contribution in [0.5, 0.6) is 0 Å². The third-order valence-electron chi connectivity index (χ3n) is 4.98. The van der Waals surface area contributed by atoms with Crippen molar-refractivity contribution in [3.63, 3.8) is 0 Å². The van der Waals surface area contributed by atoms with E-state index in [2.05, 4.69) is 0 Å². The summed E-state index contributed by atoms with van der Waals surface area (Å²) in [7, 11) is 1.77. The second-order valence-electron chi connectivity index (χ2n) is 6.28. The molecule has 2 amide bonds. The topological polar surface area (TPSA) is 40.6 Å². The van der Waals surface area contributed by atoms with E-state index in [1.807, 2.05) is 54.6 Å². The third-order valence-corrected chi connectivity index (χ3v) is 4.98. The molecule has 4 nitrogen and oxygen atoms in total. The van der Waals surface area contributed by atoms with Crippen molar-refractivity contribution < 1.29 is 9.59 Å². The summed E-state index contributed by atoms with van der Waals surface area (Å²) in [6.07, 6.45) is 0.559. The Morgan fingerprint density at radius 2 is 1.65 bits per heavy atom. The Hall–Kier alpha value is -2.62. The van der Waals surface area contributed by atoms with Crippen LogP contribution >= 0.6 is 0 Å². The van der Waals surface area contributed by atoms with Gasteiger partial charge in [-0.15, -0.1) is 0 Å². The summed E-state index contributed by atoms with van der Waals surface area (Å²) in [5.74, 6) is -0.164. The van der Waals surface area contributed by atoms with Gasteiger partial charge < -0.3 is 9.80 Å². The van der Waals surface area contributed by atoms with Gasteiger partial charge in [-0.1, -0.05) is 48.5 Å². The molecule has 2 aromatic rings. The number of anilines is 1. The average molecular weight is 306 g/mol. The van der Waals surface area contributed by atoms with Gasteiger partial charge in [0.1, 0.15) is 0 Å². The lowest BCUT2D eigenvalue weighted by Crippen LogP contribution is -2.45. The van der Waals surface area contributed by atoms with Crippen LogP contribution in [0.2, 0.25) is 0 Å². The first-order chi connectivity index (χ1) is 11.1. The summed E-state index contributed by atoms with van der Waals surface area (Å²) in [5, 5.41) is 0. The van der Waals surface area contributed by atoms with Crippen LogP contribution in [0, 0.1) is 0 Å². The first-order valence-corrected chi connectivity index (χ1v) is 7.85. The summed E-state index contributed by atoms with van der Waals surface area (Å²) in [6.45, 7) is 1.12. The molecule has 2 aliphatic rings. The number of fused-ring (bicyclic) bond motifs is 2. The minimum atomic E-state index is -1.01. The standard InChI is InChI=1S/C19H18N2O2/c1-20-12-11-19(17(20)22)15-9-5-6-10-16(15)21(18(19)23)13-14-7-3-2-4-8-14/h2-10H,11-13H2,1H3/t19-/m0/s1. The lowest BCUT2D eigenvalue weighted by molar-refractivity contribution is -0.137. The molecule has 1 saturated heterocycles. The van der Waals surface area contributed by atoms with E-state index in [9.17, 15) is 9.59 Å². The van der Waals surface area contributed by atoms with E-state index in [0.717, 1.165) is 16.8 Å². The van der Waals surface area contributed by atoms with Crippen LogP contribution in [0.3, 0.4) is 0 Å². The van der Waals surface area contributed by atoms with Gasteiger partial charge in [0, 0.05) is 24.8 Å². The Kier molecular flexibility index (Phi) is 3.01. The van der Waals surface area contributed by atoms with Crippen molar-refractivity contribution in [2.45, 2.75) is 18.4 Å². The molecule has 2 heterocycles. The van der Waals surface area contributed by atoms with Gasteiger partial charge in [0.15, 0.2) is 5.41 Å². The number of carbonyl (C=O) groups is 2. The Bertz CT molecular complexity index is 787. The van der Waals surface area contributed by atoms with Crippen molar-refractivity contribution in [2.75, 3.05) is 18.5 Å². The zero-order valence-electron chi connectivity index (χ0n) is 13.0. The number of amides is 2. The number of nitrogens with zero attached hydrogens (tertiary/aromatic N) is 2. The maximum absolute atomic E-state index is 13.2. The number of hydrogen-bond donors (Lipinski definition) is 0. The predicted octanol–water partition coefficient (Wildman–Crippen LogP) is 2.33. The largest absolute Gasteiger partial charge is 0.344 e. The average Bonchev–Trinajstić information content (AvgIpc) is 3.01. The normalized spacial score (nSPS) is 23.0. The van der Waals surface area contributed by atoms with Crippen LogP contribution in [-0.2, 0) is 21.5 Å². The van der Waals surface area contributed by atoms with Gasteiger partial charge in [-0.05, 0) is 18.1 Å². The molecule has 1 spiro atoms. The summed E-state index contributed by atoms with van der Waals surface area (Å²) in [4.78, 5) is 29.4. The molecule has 1 fully saturated rings. The van der Waals surface area contributed by atoms with E-state index in [4.69, 9.17) is 0 Å². The van der Waals surface area contributed by atoms with Gasteiger partial charge in [-0.3, -0.25) is 9.59 Å². The summed E-state index contributed by atoms with van der Waals surface area (Å²) in [6, 6.07) is 17.6. The summed E-state index contributed by atoms with van der Waals surface area (Å²) >= 11 is 0. The highest BCUT2D eigenvalue weighted by molar-refractivity contribution is 6.22. The fourth-order valence-electron chi connectivity index (χ4n) is 3.77. The van der Waals surface area contributed by atoms with Crippen LogP contribution in [0.1, 0.15) is 17.5 Å². The van der Waals surface area contributed by atoms with E-state index in [0.29, 0.717) is 19.5 Å². The molecule has 4 rings (SSSR count). The maximum atomic E-state index is 13.2. The molecule has 0 bridgehead atoms. The van der Waals surface area contributed by atoms with Crippen molar-refractivity contribution in [1.29, 1.82) is 0 Å². The second-order valence-corrected chi connectivity index (χ2v) is 6.28. The Morgan fingerprint density at radius 1 is 0.957 bits per heavy atom. The van der Waals surface area contributed by atoms with E-state index in [1.54, 1.807) is 16.8 Å². The molecular formula is C19H18N2O2. The molecule has 0 aromatic heterocycles. The van der Waals surface area contributed by atoms with Crippen LogP contribution in [0.15, 0.2) is 54.6 Å². The molecule has 1 atom stereocenters. The Morgan fingerprint density at radius 3 is 2.35 bits per heavy atom. The third kappa shape index (κ3) is 1.84. The highest BCUT2D eigenvalue weighted by atomic mass is 16.2. The highest BCUT2D eigenvalue weighted by Gasteiger charge is 2.59. The number of hydrogen-bond acceptors (Lipinski definition) is 2. The zero-order chi connectivity index (χ0) is 16.0. The quantitative estimate of drug-likeness (QED) is 0.799. The van der Waals surface area contributed by atoms with Crippen molar-refractivity contribution in [3.8, 4) is 0 Å². The van der Waals surface area contributed by atoms with Crippen LogP contribution in [0.4, 0.5) is 5.69 Å². The molecular weight excluding hydrogens is 288 g/mol. The summed E-state index contributed by atoms with van der Waals surface area (Å²) < 4.78 is 0. The van der Waals surface area contributed by atoms with Gasteiger partial charge >= 0.3 is 0 Å². The van der Waals surface area contributed by atoms with Crippen molar-refractivity contribution >= 4 is 17.5 Å². The number of carbonyl (C=O) groups excluding carboxylic acids is 2. The zero-order valence-corrected chi connectivity index (χ0v) is 13.0. The van der Waals surface area contributed by atoms with Crippen molar-refractivity contribution in [1.82, 2.24) is 4.90 Å². The minimum absolute atomic E-state index is 0.0782. The Labute approximate surface area is 135 Å². The molecule has 0 radical (unpaired) electrons. The predicted molar refractivity (Wildman–Crippen MR) is 88.0 cm³/mol. The van der Waals surface area contributed by atoms with Gasteiger partial charge in [0.05, 0.1) is 6.54 Å². The number of benzene rings is 2. The smallest absolute Gasteiger partial charge is 0.247 e. The SMILES string of the molecule is CN1CC[C@]2(C1=O)C(=O)N(Cc1ccccc1)c1ccccc12. The molecule has 0 N–H and O–H groups in total. The van der Waals surface area contributed by atoms with Crippen molar-refractivity contribution in [3.05, 3.63) is 65.7 Å². The molecule has 2 aliphatic heterocycles. The van der Waals surface area contributed by atoms with Gasteiger partial charge in [0.25, 0.3) is 0 Å². The minimum Gasteiger partial charge on any atom is -0.344 e. The molecule has 23 heavy (non-hydrogen) atoms. The molecule has 0 unspecified atom stereocenters. The monoisotopic (exact) mass is 306 g/mol. The molecule has 4 heteroatoms. The first kappa shape index (κ1) is 14.0. The Balaban J connectivity index is 1.81. The van der Waals surface area contributed by atoms with Crippen LogP contribution in [-0.4, -0.2) is 30.3 Å². The van der Waals surface area contributed by atoms with Crippen molar-refractivity contribution in [2.24, 2.45) is 0 Å². The van der Waals surface area contributed by atoms with Gasteiger partial charge in [-0.2, -0.15) is 0 Å². The molecule has 0 saturated carbocycles. The molecule has 0 aliphatic carbocycles. The second kappa shape index (κ2) is 4.95. The van der Waals surface area contributed by atoms with E-state index in [1.165, 1.54) is 0 Å². The van der Waals surface area contributed by atoms with E-state index in [-0.39, 0.29) is 11.8 Å². The van der Waals surface area contributed by atoms with Crippen LogP contribution in [0.25, 0.3) is 0 Å². The number of likely N-dealkylation sites (tertiary alicyclic amines) is 1. The van der Waals surface area contributed by atoms with E-state index < -0.39 is 5.41 Å². The fourth-order valence-corrected chi connectivity index (χ4v) is 3.77. The fraction of sp³-hybridized carbons (Fsp3) is 0.263. The first-order valence-electron chi connectivity index (χ1n) is 7.85. The van der Waals surface area contributed by atoms with Gasteiger partial charge in [0.2, 0.25) is 11.8 Å². The maximum Gasteiger partial charge on any atom is 0.247 e. The van der Waals surface area contributed by atoms with E-state index >= 15 is 0 Å². The number of para-hydroxylation sites is 1. The number of likely N-dealkylation sites (N-methyl/N-ethyl adjacent to an activating group) is 1. The lowest BCUT2D eigenvalue weighted by Gasteiger charge is -2.22. The molecule has 116 valence electrons. The number of rotatable bonds is 2. The molecule has 2 aromatic carbocycles. The van der Waals surface area contributed by atoms with Crippen LogP contribution < -0.4 is 4.90 Å². The lowest BCUT2D eigenvalue weighted by atomic mass is 9.80. The van der Waals surface area contributed by atoms with Gasteiger partial charge in [-0.25, -0.2) is 0 Å².